The largest absolute Gasteiger partial charge is 0.481 e. The summed E-state index contributed by atoms with van der Waals surface area (Å²) < 4.78 is 5.16. The molecular formula is C19H27IN4O. The number of ether oxygens (including phenoxy) is 1. The van der Waals surface area contributed by atoms with Gasteiger partial charge in [0.25, 0.3) is 0 Å². The van der Waals surface area contributed by atoms with E-state index in [2.05, 4.69) is 58.7 Å². The van der Waals surface area contributed by atoms with Crippen molar-refractivity contribution >= 4 is 29.9 Å². The van der Waals surface area contributed by atoms with Gasteiger partial charge in [0.05, 0.1) is 25.9 Å². The van der Waals surface area contributed by atoms with Crippen molar-refractivity contribution in [2.24, 2.45) is 4.99 Å². The number of nitrogens with zero attached hydrogens (tertiary/aromatic N) is 2. The van der Waals surface area contributed by atoms with Crippen LogP contribution in [0.5, 0.6) is 5.88 Å². The van der Waals surface area contributed by atoms with Crippen LogP contribution < -0.4 is 15.4 Å². The van der Waals surface area contributed by atoms with Crippen LogP contribution >= 0.6 is 24.0 Å². The predicted molar refractivity (Wildman–Crippen MR) is 114 cm³/mol. The minimum Gasteiger partial charge on any atom is -0.481 e. The first-order chi connectivity index (χ1) is 11.8. The Balaban J connectivity index is 0.00000312. The molecule has 25 heavy (non-hydrogen) atoms. The number of halogens is 1. The van der Waals surface area contributed by atoms with Gasteiger partial charge in [-0.1, -0.05) is 37.3 Å². The molecule has 2 aromatic rings. The number of rotatable bonds is 7. The number of nitrogens with one attached hydrogen (secondary N) is 2. The highest BCUT2D eigenvalue weighted by molar-refractivity contribution is 14.0. The second-order valence-electron chi connectivity index (χ2n) is 5.34. The van der Waals surface area contributed by atoms with Crippen LogP contribution in [0.25, 0.3) is 0 Å². The maximum Gasteiger partial charge on any atom is 0.213 e. The van der Waals surface area contributed by atoms with Crippen molar-refractivity contribution in [3.05, 3.63) is 59.3 Å². The highest BCUT2D eigenvalue weighted by Gasteiger charge is 2.03. The van der Waals surface area contributed by atoms with Crippen molar-refractivity contribution in [3.8, 4) is 5.88 Å². The maximum atomic E-state index is 5.16. The number of methoxy groups -OCH3 is 1. The van der Waals surface area contributed by atoms with Gasteiger partial charge in [0.1, 0.15) is 0 Å². The first-order valence-corrected chi connectivity index (χ1v) is 8.35. The van der Waals surface area contributed by atoms with E-state index in [4.69, 9.17) is 4.74 Å². The molecule has 136 valence electrons. The molecule has 0 aliphatic carbocycles. The van der Waals surface area contributed by atoms with Crippen molar-refractivity contribution in [2.75, 3.05) is 13.7 Å². The molecule has 1 aromatic carbocycles. The van der Waals surface area contributed by atoms with Gasteiger partial charge in [-0.05, 0) is 30.5 Å². The summed E-state index contributed by atoms with van der Waals surface area (Å²) in [6, 6.07) is 14.2. The molecule has 0 spiro atoms. The van der Waals surface area contributed by atoms with E-state index in [-0.39, 0.29) is 24.0 Å². The van der Waals surface area contributed by atoms with Gasteiger partial charge < -0.3 is 15.4 Å². The van der Waals surface area contributed by atoms with Gasteiger partial charge in [-0.3, -0.25) is 0 Å². The van der Waals surface area contributed by atoms with Gasteiger partial charge in [-0.15, -0.1) is 24.0 Å². The minimum absolute atomic E-state index is 0. The molecule has 2 N–H and O–H groups in total. The van der Waals surface area contributed by atoms with Crippen LogP contribution in [0.2, 0.25) is 0 Å². The Labute approximate surface area is 167 Å². The monoisotopic (exact) mass is 454 g/mol. The molecule has 0 saturated heterocycles. The Hall–Kier alpha value is -1.83. The topological polar surface area (TPSA) is 58.5 Å². The van der Waals surface area contributed by atoms with Gasteiger partial charge in [-0.2, -0.15) is 0 Å². The van der Waals surface area contributed by atoms with E-state index >= 15 is 0 Å². The molecule has 2 rings (SSSR count). The first kappa shape index (κ1) is 21.2. The van der Waals surface area contributed by atoms with Crippen LogP contribution in [0, 0.1) is 0 Å². The summed E-state index contributed by atoms with van der Waals surface area (Å²) >= 11 is 0. The highest BCUT2D eigenvalue weighted by atomic mass is 127. The zero-order valence-electron chi connectivity index (χ0n) is 15.1. The van der Waals surface area contributed by atoms with Crippen molar-refractivity contribution in [2.45, 2.75) is 33.4 Å². The molecular weight excluding hydrogens is 427 g/mol. The zero-order chi connectivity index (χ0) is 17.2. The first-order valence-electron chi connectivity index (χ1n) is 8.35. The van der Waals surface area contributed by atoms with Crippen molar-refractivity contribution in [3.63, 3.8) is 0 Å². The Morgan fingerprint density at radius 2 is 1.80 bits per heavy atom. The summed E-state index contributed by atoms with van der Waals surface area (Å²) in [7, 11) is 1.62. The summed E-state index contributed by atoms with van der Waals surface area (Å²) in [5, 5.41) is 6.59. The Morgan fingerprint density at radius 1 is 1.04 bits per heavy atom. The Kier molecular flexibility index (Phi) is 9.91. The van der Waals surface area contributed by atoms with Crippen molar-refractivity contribution in [1.29, 1.82) is 0 Å². The summed E-state index contributed by atoms with van der Waals surface area (Å²) in [6.45, 7) is 6.29. The standard InChI is InChI=1S/C19H26N4O.HI/c1-4-15-9-6-7-10-16(15)13-21-19(20-5-2)22-14-17-11-8-12-18(23-17)24-3;/h6-12H,4-5,13-14H2,1-3H3,(H2,20,21,22);1H. The molecule has 0 atom stereocenters. The fourth-order valence-electron chi connectivity index (χ4n) is 2.41. The van der Waals surface area contributed by atoms with Crippen LogP contribution in [0.3, 0.4) is 0 Å². The molecule has 0 amide bonds. The molecule has 0 bridgehead atoms. The number of hydrogen-bond acceptors (Lipinski definition) is 3. The molecule has 0 fully saturated rings. The van der Waals surface area contributed by atoms with Crippen LogP contribution in [-0.2, 0) is 19.5 Å². The van der Waals surface area contributed by atoms with Gasteiger partial charge in [-0.25, -0.2) is 9.98 Å². The van der Waals surface area contributed by atoms with Crippen LogP contribution in [-0.4, -0.2) is 24.6 Å². The molecule has 0 aliphatic rings. The predicted octanol–water partition coefficient (Wildman–Crippen LogP) is 3.53. The molecule has 5 nitrogen and oxygen atoms in total. The van der Waals surface area contributed by atoms with Gasteiger partial charge >= 0.3 is 0 Å². The number of guanidine groups is 1. The summed E-state index contributed by atoms with van der Waals surface area (Å²) in [5.74, 6) is 1.40. The number of aryl methyl sites for hydroxylation is 1. The fraction of sp³-hybridized carbons (Fsp3) is 0.368. The molecule has 0 radical (unpaired) electrons. The van der Waals surface area contributed by atoms with E-state index in [1.807, 2.05) is 18.2 Å². The van der Waals surface area contributed by atoms with E-state index in [1.165, 1.54) is 11.1 Å². The molecule has 0 aliphatic heterocycles. The summed E-state index contributed by atoms with van der Waals surface area (Å²) in [4.78, 5) is 9.09. The lowest BCUT2D eigenvalue weighted by molar-refractivity contribution is 0.396. The average molecular weight is 454 g/mol. The third-order valence-electron chi connectivity index (χ3n) is 3.68. The van der Waals surface area contributed by atoms with Gasteiger partial charge in [0, 0.05) is 12.6 Å². The lowest BCUT2D eigenvalue weighted by Gasteiger charge is -2.12. The quantitative estimate of drug-likeness (QED) is 0.382. The van der Waals surface area contributed by atoms with E-state index < -0.39 is 0 Å². The Bertz CT molecular complexity index is 676. The van der Waals surface area contributed by atoms with Crippen molar-refractivity contribution in [1.82, 2.24) is 15.6 Å². The molecule has 0 unspecified atom stereocenters. The maximum absolute atomic E-state index is 5.16. The smallest absolute Gasteiger partial charge is 0.213 e. The Morgan fingerprint density at radius 3 is 2.48 bits per heavy atom. The minimum atomic E-state index is 0. The van der Waals surface area contributed by atoms with E-state index in [0.29, 0.717) is 19.0 Å². The molecule has 0 saturated carbocycles. The highest BCUT2D eigenvalue weighted by Crippen LogP contribution is 2.10. The van der Waals surface area contributed by atoms with Crippen LogP contribution in [0.15, 0.2) is 47.5 Å². The molecule has 6 heteroatoms. The van der Waals surface area contributed by atoms with Gasteiger partial charge in [0.2, 0.25) is 5.88 Å². The van der Waals surface area contributed by atoms with Gasteiger partial charge in [0.15, 0.2) is 5.96 Å². The zero-order valence-corrected chi connectivity index (χ0v) is 17.4. The average Bonchev–Trinajstić information content (AvgIpc) is 2.64. The van der Waals surface area contributed by atoms with E-state index in [1.54, 1.807) is 7.11 Å². The summed E-state index contributed by atoms with van der Waals surface area (Å²) in [6.07, 6.45) is 1.02. The second-order valence-corrected chi connectivity index (χ2v) is 5.34. The third-order valence-corrected chi connectivity index (χ3v) is 3.68. The number of aliphatic imine (C=N–C) groups is 1. The number of pyridine rings is 1. The molecule has 1 heterocycles. The number of benzene rings is 1. The normalized spacial score (nSPS) is 10.8. The lowest BCUT2D eigenvalue weighted by atomic mass is 10.1. The van der Waals surface area contributed by atoms with E-state index in [0.717, 1.165) is 24.6 Å². The van der Waals surface area contributed by atoms with Crippen LogP contribution in [0.1, 0.15) is 30.7 Å². The fourth-order valence-corrected chi connectivity index (χ4v) is 2.41. The van der Waals surface area contributed by atoms with Crippen molar-refractivity contribution < 1.29 is 4.74 Å². The van der Waals surface area contributed by atoms with Crippen LogP contribution in [0.4, 0.5) is 0 Å². The number of hydrogen-bond donors (Lipinski definition) is 2. The second kappa shape index (κ2) is 11.7. The van der Waals surface area contributed by atoms with E-state index in [9.17, 15) is 0 Å². The number of aromatic nitrogens is 1. The SMILES string of the molecule is CCNC(=NCc1ccccc1CC)NCc1cccc(OC)n1.I. The molecule has 1 aromatic heterocycles. The summed E-state index contributed by atoms with van der Waals surface area (Å²) in [5.41, 5.74) is 3.51. The third kappa shape index (κ3) is 6.89. The lowest BCUT2D eigenvalue weighted by Crippen LogP contribution is -2.37.